The number of hydrogen-bond donors (Lipinski definition) is 3. The van der Waals surface area contributed by atoms with E-state index in [-0.39, 0.29) is 6.04 Å². The van der Waals surface area contributed by atoms with Crippen molar-refractivity contribution >= 4 is 16.9 Å². The minimum atomic E-state index is -0.429. The number of hydrogen-bond acceptors (Lipinski definition) is 3. The van der Waals surface area contributed by atoms with E-state index >= 15 is 0 Å². The summed E-state index contributed by atoms with van der Waals surface area (Å²) in [7, 11) is 0. The van der Waals surface area contributed by atoms with Crippen molar-refractivity contribution in [2.24, 2.45) is 5.73 Å². The summed E-state index contributed by atoms with van der Waals surface area (Å²) < 4.78 is 0. The standard InChI is InChI=1S/C14H16N4O/c15-12(19)8-2-1-3-9-11(8)17-13(16-9)10-4-5-14(18-10)6-7-14/h1-3,10,18H,4-7H2,(H2,15,19)(H,16,17). The SMILES string of the molecule is NC(=O)c1cccc2[nH]c(C3CCC4(CC4)N3)nc12. The van der Waals surface area contributed by atoms with Gasteiger partial charge in [0.05, 0.1) is 17.1 Å². The summed E-state index contributed by atoms with van der Waals surface area (Å²) in [5, 5.41) is 3.66. The van der Waals surface area contributed by atoms with E-state index in [9.17, 15) is 4.79 Å². The molecule has 1 aromatic heterocycles. The van der Waals surface area contributed by atoms with Gasteiger partial charge in [-0.3, -0.25) is 4.79 Å². The first-order chi connectivity index (χ1) is 9.17. The number of H-pyrrole nitrogens is 1. The number of benzene rings is 1. The van der Waals surface area contributed by atoms with Crippen LogP contribution in [-0.4, -0.2) is 21.4 Å². The molecule has 98 valence electrons. The van der Waals surface area contributed by atoms with Gasteiger partial charge in [0.2, 0.25) is 0 Å². The lowest BCUT2D eigenvalue weighted by atomic mass is 10.2. The Labute approximate surface area is 110 Å². The Kier molecular flexibility index (Phi) is 2.07. The average Bonchev–Trinajstić information content (AvgIpc) is 2.84. The van der Waals surface area contributed by atoms with Crippen molar-refractivity contribution in [1.29, 1.82) is 0 Å². The molecule has 0 radical (unpaired) electrons. The predicted molar refractivity (Wildman–Crippen MR) is 71.7 cm³/mol. The van der Waals surface area contributed by atoms with Crippen molar-refractivity contribution in [2.45, 2.75) is 37.3 Å². The molecule has 4 N–H and O–H groups in total. The third-order valence-electron chi connectivity index (χ3n) is 4.37. The second-order valence-corrected chi connectivity index (χ2v) is 5.70. The average molecular weight is 256 g/mol. The molecule has 2 aromatic rings. The van der Waals surface area contributed by atoms with Crippen LogP contribution in [0.1, 0.15) is 47.9 Å². The fourth-order valence-corrected chi connectivity index (χ4v) is 3.10. The molecule has 1 aromatic carbocycles. The van der Waals surface area contributed by atoms with Crippen molar-refractivity contribution in [3.8, 4) is 0 Å². The second-order valence-electron chi connectivity index (χ2n) is 5.70. The summed E-state index contributed by atoms with van der Waals surface area (Å²) in [5.41, 5.74) is 7.82. The topological polar surface area (TPSA) is 83.8 Å². The molecular weight excluding hydrogens is 240 g/mol. The number of nitrogens with zero attached hydrogens (tertiary/aromatic N) is 1. The van der Waals surface area contributed by atoms with Crippen molar-refractivity contribution in [3.63, 3.8) is 0 Å². The van der Waals surface area contributed by atoms with E-state index in [0.29, 0.717) is 16.6 Å². The van der Waals surface area contributed by atoms with E-state index < -0.39 is 5.91 Å². The van der Waals surface area contributed by atoms with Crippen LogP contribution in [0.25, 0.3) is 11.0 Å². The van der Waals surface area contributed by atoms with Crippen LogP contribution in [0.15, 0.2) is 18.2 Å². The van der Waals surface area contributed by atoms with Gasteiger partial charge in [0.25, 0.3) is 5.91 Å². The number of nitrogens with one attached hydrogen (secondary N) is 2. The molecule has 1 atom stereocenters. The highest BCUT2D eigenvalue weighted by atomic mass is 16.1. The maximum atomic E-state index is 11.4. The number of para-hydroxylation sites is 1. The fraction of sp³-hybridized carbons (Fsp3) is 0.429. The van der Waals surface area contributed by atoms with Gasteiger partial charge in [-0.15, -0.1) is 0 Å². The molecule has 2 fully saturated rings. The van der Waals surface area contributed by atoms with Gasteiger partial charge in [-0.1, -0.05) is 6.07 Å². The minimum Gasteiger partial charge on any atom is -0.366 e. The molecule has 2 aliphatic rings. The lowest BCUT2D eigenvalue weighted by molar-refractivity contribution is 0.100. The number of nitrogens with two attached hydrogens (primary N) is 1. The highest BCUT2D eigenvalue weighted by molar-refractivity contribution is 6.04. The normalized spacial score (nSPS) is 24.1. The molecule has 4 rings (SSSR count). The van der Waals surface area contributed by atoms with Crippen LogP contribution < -0.4 is 11.1 Å². The highest BCUT2D eigenvalue weighted by Gasteiger charge is 2.48. The van der Waals surface area contributed by atoms with Gasteiger partial charge >= 0.3 is 0 Å². The van der Waals surface area contributed by atoms with E-state index in [2.05, 4.69) is 15.3 Å². The first-order valence-electron chi connectivity index (χ1n) is 6.73. The van der Waals surface area contributed by atoms with Gasteiger partial charge in [0.15, 0.2) is 0 Å². The zero-order chi connectivity index (χ0) is 13.0. The first kappa shape index (κ1) is 11.0. The monoisotopic (exact) mass is 256 g/mol. The smallest absolute Gasteiger partial charge is 0.250 e. The molecule has 1 saturated carbocycles. The third-order valence-corrected chi connectivity index (χ3v) is 4.37. The summed E-state index contributed by atoms with van der Waals surface area (Å²) in [5.74, 6) is 0.495. The summed E-state index contributed by atoms with van der Waals surface area (Å²) in [6.07, 6.45) is 4.87. The molecule has 0 bridgehead atoms. The quantitative estimate of drug-likeness (QED) is 0.763. The van der Waals surface area contributed by atoms with Gasteiger partial charge in [0, 0.05) is 5.54 Å². The molecule has 1 saturated heterocycles. The Morgan fingerprint density at radius 3 is 2.89 bits per heavy atom. The van der Waals surface area contributed by atoms with Gasteiger partial charge in [-0.05, 0) is 37.8 Å². The lowest BCUT2D eigenvalue weighted by Crippen LogP contribution is -2.26. The molecule has 1 aliphatic carbocycles. The Morgan fingerprint density at radius 1 is 1.37 bits per heavy atom. The van der Waals surface area contributed by atoms with E-state index in [1.54, 1.807) is 6.07 Å². The van der Waals surface area contributed by atoms with Crippen LogP contribution in [0.4, 0.5) is 0 Å². The molecule has 1 spiro atoms. The number of fused-ring (bicyclic) bond motifs is 1. The number of carbonyl (C=O) groups is 1. The summed E-state index contributed by atoms with van der Waals surface area (Å²) in [6.45, 7) is 0. The second kappa shape index (κ2) is 3.57. The number of aromatic nitrogens is 2. The van der Waals surface area contributed by atoms with Crippen LogP contribution in [0, 0.1) is 0 Å². The van der Waals surface area contributed by atoms with Crippen LogP contribution >= 0.6 is 0 Å². The summed E-state index contributed by atoms with van der Waals surface area (Å²) in [6, 6.07) is 5.75. The maximum absolute atomic E-state index is 11.4. The van der Waals surface area contributed by atoms with Gasteiger partial charge in [-0.25, -0.2) is 4.98 Å². The number of rotatable bonds is 2. The number of aromatic amines is 1. The van der Waals surface area contributed by atoms with Crippen LogP contribution in [0.2, 0.25) is 0 Å². The van der Waals surface area contributed by atoms with Crippen molar-refractivity contribution in [3.05, 3.63) is 29.6 Å². The van der Waals surface area contributed by atoms with E-state index in [0.717, 1.165) is 17.8 Å². The number of imidazole rings is 1. The zero-order valence-corrected chi connectivity index (χ0v) is 10.6. The van der Waals surface area contributed by atoms with Gasteiger partial charge in [0.1, 0.15) is 11.3 Å². The molecular formula is C14H16N4O. The molecule has 1 amide bonds. The Morgan fingerprint density at radius 2 is 2.21 bits per heavy atom. The Hall–Kier alpha value is -1.88. The Balaban J connectivity index is 1.75. The fourth-order valence-electron chi connectivity index (χ4n) is 3.10. The minimum absolute atomic E-state index is 0.274. The lowest BCUT2D eigenvalue weighted by Gasteiger charge is -2.09. The van der Waals surface area contributed by atoms with E-state index in [1.165, 1.54) is 19.3 Å². The molecule has 1 aliphatic heterocycles. The molecule has 5 heteroatoms. The Bertz CT molecular complexity index is 671. The van der Waals surface area contributed by atoms with Crippen LogP contribution in [0.3, 0.4) is 0 Å². The zero-order valence-electron chi connectivity index (χ0n) is 10.6. The summed E-state index contributed by atoms with van der Waals surface area (Å²) in [4.78, 5) is 19.3. The van der Waals surface area contributed by atoms with Crippen molar-refractivity contribution < 1.29 is 4.79 Å². The highest BCUT2D eigenvalue weighted by Crippen LogP contribution is 2.47. The van der Waals surface area contributed by atoms with Crippen molar-refractivity contribution in [1.82, 2.24) is 15.3 Å². The van der Waals surface area contributed by atoms with Crippen LogP contribution in [-0.2, 0) is 0 Å². The molecule has 5 nitrogen and oxygen atoms in total. The van der Waals surface area contributed by atoms with E-state index in [1.807, 2.05) is 12.1 Å². The summed E-state index contributed by atoms with van der Waals surface area (Å²) >= 11 is 0. The number of amides is 1. The van der Waals surface area contributed by atoms with Gasteiger partial charge < -0.3 is 16.0 Å². The molecule has 19 heavy (non-hydrogen) atoms. The van der Waals surface area contributed by atoms with Crippen molar-refractivity contribution in [2.75, 3.05) is 0 Å². The number of carbonyl (C=O) groups excluding carboxylic acids is 1. The van der Waals surface area contributed by atoms with E-state index in [4.69, 9.17) is 5.73 Å². The maximum Gasteiger partial charge on any atom is 0.250 e. The molecule has 2 heterocycles. The first-order valence-corrected chi connectivity index (χ1v) is 6.73. The predicted octanol–water partition coefficient (Wildman–Crippen LogP) is 1.62. The van der Waals surface area contributed by atoms with Crippen LogP contribution in [0.5, 0.6) is 0 Å². The largest absolute Gasteiger partial charge is 0.366 e. The third kappa shape index (κ3) is 1.65. The number of primary amides is 1. The van der Waals surface area contributed by atoms with Gasteiger partial charge in [-0.2, -0.15) is 0 Å². The molecule has 1 unspecified atom stereocenters.